The number of carbonyl (C=O) groups excluding carboxylic acids is 1. The molecule has 0 spiro atoms. The van der Waals surface area contributed by atoms with Crippen LogP contribution in [0.2, 0.25) is 5.02 Å². The Hall–Kier alpha value is -2.28. The van der Waals surface area contributed by atoms with Crippen molar-refractivity contribution in [1.82, 2.24) is 4.90 Å². The number of esters is 1. The molecule has 26 heavy (non-hydrogen) atoms. The summed E-state index contributed by atoms with van der Waals surface area (Å²) >= 11 is 6.07. The molecule has 0 amide bonds. The molecule has 1 fully saturated rings. The monoisotopic (exact) mass is 375 g/mol. The summed E-state index contributed by atoms with van der Waals surface area (Å²) in [5.74, 6) is -0.438. The van der Waals surface area contributed by atoms with E-state index in [1.807, 2.05) is 18.2 Å². The minimum atomic E-state index is -0.438. The molecular weight excluding hydrogens is 354 g/mol. The fourth-order valence-electron chi connectivity index (χ4n) is 2.89. The van der Waals surface area contributed by atoms with Crippen LogP contribution in [0.4, 0.5) is 17.1 Å². The second-order valence-electron chi connectivity index (χ2n) is 6.12. The van der Waals surface area contributed by atoms with Gasteiger partial charge in [-0.1, -0.05) is 17.7 Å². The molecule has 0 unspecified atom stereocenters. The summed E-state index contributed by atoms with van der Waals surface area (Å²) in [5.41, 5.74) is 9.61. The summed E-state index contributed by atoms with van der Waals surface area (Å²) in [6.07, 6.45) is 0. The van der Waals surface area contributed by atoms with Gasteiger partial charge in [0.25, 0.3) is 0 Å². The van der Waals surface area contributed by atoms with Crippen molar-refractivity contribution < 1.29 is 14.3 Å². The van der Waals surface area contributed by atoms with E-state index in [9.17, 15) is 4.79 Å². The van der Waals surface area contributed by atoms with Gasteiger partial charge in [0.05, 0.1) is 42.9 Å². The summed E-state index contributed by atoms with van der Waals surface area (Å²) in [4.78, 5) is 14.3. The maximum Gasteiger partial charge on any atom is 0.339 e. The van der Waals surface area contributed by atoms with Gasteiger partial charge in [-0.15, -0.1) is 0 Å². The van der Waals surface area contributed by atoms with Crippen molar-refractivity contribution in [2.75, 3.05) is 44.5 Å². The van der Waals surface area contributed by atoms with Gasteiger partial charge in [0.2, 0.25) is 0 Å². The molecule has 0 aliphatic carbocycles. The fraction of sp³-hybridized carbons (Fsp3) is 0.316. The van der Waals surface area contributed by atoms with Crippen LogP contribution >= 0.6 is 11.6 Å². The molecule has 3 rings (SSSR count). The summed E-state index contributed by atoms with van der Waals surface area (Å²) in [7, 11) is 1.34. The van der Waals surface area contributed by atoms with Crippen molar-refractivity contribution in [2.45, 2.75) is 6.54 Å². The first kappa shape index (κ1) is 18.5. The highest BCUT2D eigenvalue weighted by Gasteiger charge is 2.15. The molecule has 0 aromatic heterocycles. The van der Waals surface area contributed by atoms with E-state index in [0.717, 1.165) is 38.4 Å². The second kappa shape index (κ2) is 8.40. The van der Waals surface area contributed by atoms with E-state index < -0.39 is 5.97 Å². The van der Waals surface area contributed by atoms with Crippen LogP contribution < -0.4 is 11.1 Å². The topological polar surface area (TPSA) is 76.8 Å². The number of hydrogen-bond donors (Lipinski definition) is 2. The molecule has 3 N–H and O–H groups in total. The van der Waals surface area contributed by atoms with Gasteiger partial charge < -0.3 is 20.5 Å². The maximum atomic E-state index is 11.9. The van der Waals surface area contributed by atoms with Crippen LogP contribution in [0.3, 0.4) is 0 Å². The van der Waals surface area contributed by atoms with Crippen LogP contribution in [0.1, 0.15) is 15.9 Å². The summed E-state index contributed by atoms with van der Waals surface area (Å²) in [6, 6.07) is 10.8. The van der Waals surface area contributed by atoms with Crippen molar-refractivity contribution in [3.63, 3.8) is 0 Å². The standard InChI is InChI=1S/C19H22ClN3O3/c1-25-19(24)15-4-3-14(20)11-18(15)22-17-5-2-13(10-16(17)21)12-23-6-8-26-9-7-23/h2-5,10-11,22H,6-9,12,21H2,1H3. The van der Waals surface area contributed by atoms with Gasteiger partial charge in [-0.3, -0.25) is 4.90 Å². The maximum absolute atomic E-state index is 11.9. The Labute approximate surface area is 157 Å². The van der Waals surface area contributed by atoms with Crippen LogP contribution in [-0.2, 0) is 16.0 Å². The Morgan fingerprint density at radius 1 is 1.23 bits per heavy atom. The number of methoxy groups -OCH3 is 1. The van der Waals surface area contributed by atoms with E-state index in [0.29, 0.717) is 27.6 Å². The molecule has 138 valence electrons. The predicted molar refractivity (Wildman–Crippen MR) is 103 cm³/mol. The number of rotatable bonds is 5. The average Bonchev–Trinajstić information content (AvgIpc) is 2.64. The van der Waals surface area contributed by atoms with E-state index >= 15 is 0 Å². The van der Waals surface area contributed by atoms with Gasteiger partial charge in [0.1, 0.15) is 0 Å². The van der Waals surface area contributed by atoms with Gasteiger partial charge in [-0.25, -0.2) is 4.79 Å². The van der Waals surface area contributed by atoms with E-state index in [1.165, 1.54) is 7.11 Å². The number of anilines is 3. The van der Waals surface area contributed by atoms with E-state index in [1.54, 1.807) is 18.2 Å². The normalized spacial score (nSPS) is 14.8. The molecule has 2 aromatic rings. The number of halogens is 1. The number of benzene rings is 2. The fourth-order valence-corrected chi connectivity index (χ4v) is 3.07. The second-order valence-corrected chi connectivity index (χ2v) is 6.55. The largest absolute Gasteiger partial charge is 0.465 e. The number of nitrogens with one attached hydrogen (secondary N) is 1. The van der Waals surface area contributed by atoms with Crippen molar-refractivity contribution in [3.8, 4) is 0 Å². The summed E-state index contributed by atoms with van der Waals surface area (Å²) in [6.45, 7) is 4.20. The Bertz CT molecular complexity index is 792. The molecule has 0 saturated carbocycles. The van der Waals surface area contributed by atoms with Gasteiger partial charge in [0, 0.05) is 24.7 Å². The van der Waals surface area contributed by atoms with Crippen LogP contribution in [-0.4, -0.2) is 44.3 Å². The Kier molecular flexibility index (Phi) is 5.98. The van der Waals surface area contributed by atoms with Gasteiger partial charge in [-0.05, 0) is 35.9 Å². The lowest BCUT2D eigenvalue weighted by atomic mass is 10.1. The van der Waals surface area contributed by atoms with Crippen molar-refractivity contribution >= 4 is 34.6 Å². The van der Waals surface area contributed by atoms with Crippen LogP contribution in [0.25, 0.3) is 0 Å². The minimum absolute atomic E-state index is 0.397. The molecule has 1 saturated heterocycles. The molecule has 1 aliphatic heterocycles. The first-order valence-electron chi connectivity index (χ1n) is 8.40. The summed E-state index contributed by atoms with van der Waals surface area (Å²) < 4.78 is 10.2. The molecule has 0 atom stereocenters. The molecule has 6 nitrogen and oxygen atoms in total. The minimum Gasteiger partial charge on any atom is -0.465 e. The quantitative estimate of drug-likeness (QED) is 0.617. The number of nitrogens with two attached hydrogens (primary N) is 1. The third-order valence-corrected chi connectivity index (χ3v) is 4.52. The lowest BCUT2D eigenvalue weighted by molar-refractivity contribution is 0.0342. The zero-order valence-corrected chi connectivity index (χ0v) is 15.4. The Morgan fingerprint density at radius 2 is 2.00 bits per heavy atom. The number of carbonyl (C=O) groups is 1. The molecule has 7 heteroatoms. The Morgan fingerprint density at radius 3 is 2.69 bits per heavy atom. The molecule has 1 heterocycles. The Balaban J connectivity index is 1.78. The number of nitrogen functional groups attached to an aromatic ring is 1. The zero-order valence-electron chi connectivity index (χ0n) is 14.6. The third-order valence-electron chi connectivity index (χ3n) is 4.28. The molecule has 0 radical (unpaired) electrons. The van der Waals surface area contributed by atoms with E-state index in [2.05, 4.69) is 10.2 Å². The van der Waals surface area contributed by atoms with Crippen molar-refractivity contribution in [3.05, 3.63) is 52.5 Å². The summed E-state index contributed by atoms with van der Waals surface area (Å²) in [5, 5.41) is 3.70. The van der Waals surface area contributed by atoms with Crippen LogP contribution in [0, 0.1) is 0 Å². The molecule has 2 aromatic carbocycles. The lowest BCUT2D eigenvalue weighted by Gasteiger charge is -2.26. The molecule has 0 bridgehead atoms. The van der Waals surface area contributed by atoms with Crippen molar-refractivity contribution in [1.29, 1.82) is 0 Å². The number of nitrogens with zero attached hydrogens (tertiary/aromatic N) is 1. The number of hydrogen-bond acceptors (Lipinski definition) is 6. The molecular formula is C19H22ClN3O3. The zero-order chi connectivity index (χ0) is 18.5. The highest BCUT2D eigenvalue weighted by atomic mass is 35.5. The third kappa shape index (κ3) is 4.46. The van der Waals surface area contributed by atoms with Gasteiger partial charge in [-0.2, -0.15) is 0 Å². The molecule has 1 aliphatic rings. The van der Waals surface area contributed by atoms with E-state index in [-0.39, 0.29) is 0 Å². The van der Waals surface area contributed by atoms with Gasteiger partial charge >= 0.3 is 5.97 Å². The predicted octanol–water partition coefficient (Wildman–Crippen LogP) is 3.28. The SMILES string of the molecule is COC(=O)c1ccc(Cl)cc1Nc1ccc(CN2CCOCC2)cc1N. The first-order valence-corrected chi connectivity index (χ1v) is 8.78. The van der Waals surface area contributed by atoms with Gasteiger partial charge in [0.15, 0.2) is 0 Å². The highest BCUT2D eigenvalue weighted by molar-refractivity contribution is 6.31. The first-order chi connectivity index (χ1) is 12.6. The highest BCUT2D eigenvalue weighted by Crippen LogP contribution is 2.29. The number of morpholine rings is 1. The smallest absolute Gasteiger partial charge is 0.339 e. The average molecular weight is 376 g/mol. The van der Waals surface area contributed by atoms with Crippen LogP contribution in [0.15, 0.2) is 36.4 Å². The van der Waals surface area contributed by atoms with E-state index in [4.69, 9.17) is 26.8 Å². The number of ether oxygens (including phenoxy) is 2. The van der Waals surface area contributed by atoms with Crippen LogP contribution in [0.5, 0.6) is 0 Å². The lowest BCUT2D eigenvalue weighted by Crippen LogP contribution is -2.35. The van der Waals surface area contributed by atoms with Crippen molar-refractivity contribution in [2.24, 2.45) is 0 Å².